The molecule has 0 saturated carbocycles. The van der Waals surface area contributed by atoms with Gasteiger partial charge in [0.05, 0.1) is 19.8 Å². The van der Waals surface area contributed by atoms with Crippen LogP contribution in [-0.4, -0.2) is 63.1 Å². The monoisotopic (exact) mass is 236 g/mol. The Morgan fingerprint density at radius 2 is 1.69 bits per heavy atom. The zero-order valence-electron chi connectivity index (χ0n) is 8.87. The summed E-state index contributed by atoms with van der Waals surface area (Å²) < 4.78 is 9.83. The first-order chi connectivity index (χ1) is 7.88. The second-order valence-electron chi connectivity index (χ2n) is 3.67. The Labute approximate surface area is 93.0 Å². The summed E-state index contributed by atoms with van der Waals surface area (Å²) in [4.78, 5) is 19.4. The lowest BCUT2D eigenvalue weighted by Crippen LogP contribution is -2.25. The van der Waals surface area contributed by atoms with E-state index < -0.39 is 6.10 Å². The molecule has 3 unspecified atom stereocenters. The van der Waals surface area contributed by atoms with Crippen LogP contribution >= 0.6 is 0 Å². The quantitative estimate of drug-likeness (QED) is 0.226. The van der Waals surface area contributed by atoms with Crippen molar-refractivity contribution in [1.29, 1.82) is 0 Å². The minimum absolute atomic E-state index is 0.106. The molecule has 0 radical (unpaired) electrons. The van der Waals surface area contributed by atoms with E-state index in [0.29, 0.717) is 26.4 Å². The lowest BCUT2D eigenvalue weighted by Gasteiger charge is -2.13. The van der Waals surface area contributed by atoms with Crippen LogP contribution in [-0.2, 0) is 29.0 Å². The topological polar surface area (TPSA) is 82.2 Å². The van der Waals surface area contributed by atoms with Crippen molar-refractivity contribution in [3.8, 4) is 0 Å². The second-order valence-corrected chi connectivity index (χ2v) is 3.67. The molecular weight excluding hydrogens is 220 g/mol. The molecule has 0 aromatic carbocycles. The molecule has 0 amide bonds. The fourth-order valence-corrected chi connectivity index (χ4v) is 0.899. The predicted molar refractivity (Wildman–Crippen MR) is 49.3 cm³/mol. The summed E-state index contributed by atoms with van der Waals surface area (Å²) in [6, 6.07) is 0. The van der Waals surface area contributed by atoms with Crippen LogP contribution in [0.1, 0.15) is 0 Å². The highest BCUT2D eigenvalue weighted by Crippen LogP contribution is 2.10. The molecule has 2 aliphatic heterocycles. The molecule has 94 valence electrons. The average Bonchev–Trinajstić information content (AvgIpc) is 3.15. The summed E-state index contributed by atoms with van der Waals surface area (Å²) in [6.07, 6.45) is -0.279. The van der Waals surface area contributed by atoms with E-state index in [1.54, 1.807) is 0 Å². The molecule has 2 saturated heterocycles. The van der Waals surface area contributed by atoms with Crippen molar-refractivity contribution in [3.05, 3.63) is 0 Å². The van der Waals surface area contributed by atoms with Crippen molar-refractivity contribution in [2.45, 2.75) is 18.3 Å². The van der Waals surface area contributed by atoms with E-state index in [-0.39, 0.29) is 25.4 Å². The van der Waals surface area contributed by atoms with E-state index in [1.165, 1.54) is 0 Å². The van der Waals surface area contributed by atoms with Gasteiger partial charge in [-0.3, -0.25) is 0 Å². The van der Waals surface area contributed by atoms with Gasteiger partial charge in [-0.15, -0.1) is 0 Å². The van der Waals surface area contributed by atoms with Gasteiger partial charge in [0.25, 0.3) is 0 Å². The molecule has 0 aromatic rings. The van der Waals surface area contributed by atoms with E-state index in [0.717, 1.165) is 0 Å². The third-order valence-electron chi connectivity index (χ3n) is 2.06. The Balaban J connectivity index is 1.42. The van der Waals surface area contributed by atoms with E-state index in [4.69, 9.17) is 34.1 Å². The molecule has 2 heterocycles. The highest BCUT2D eigenvalue weighted by Gasteiger charge is 2.24. The van der Waals surface area contributed by atoms with E-state index in [2.05, 4.69) is 0 Å². The third kappa shape index (κ3) is 5.17. The summed E-state index contributed by atoms with van der Waals surface area (Å²) in [6.45, 7) is 2.09. The molecule has 7 nitrogen and oxygen atoms in total. The SMILES string of the molecule is OCC(COOCC1CO1)OOCC1CO1. The molecule has 7 heteroatoms. The van der Waals surface area contributed by atoms with E-state index in [9.17, 15) is 0 Å². The molecule has 0 spiro atoms. The summed E-state index contributed by atoms with van der Waals surface area (Å²) in [5.41, 5.74) is 0. The molecule has 2 aliphatic rings. The van der Waals surface area contributed by atoms with E-state index >= 15 is 0 Å². The van der Waals surface area contributed by atoms with Gasteiger partial charge in [-0.2, -0.15) is 0 Å². The molecule has 16 heavy (non-hydrogen) atoms. The van der Waals surface area contributed by atoms with Crippen molar-refractivity contribution < 1.29 is 34.1 Å². The predicted octanol–water partition coefficient (Wildman–Crippen LogP) is -0.959. The number of ether oxygens (including phenoxy) is 2. The van der Waals surface area contributed by atoms with Crippen molar-refractivity contribution in [2.75, 3.05) is 39.6 Å². The number of hydrogen-bond acceptors (Lipinski definition) is 7. The number of rotatable bonds is 10. The fraction of sp³-hybridized carbons (Fsp3) is 1.00. The van der Waals surface area contributed by atoms with Crippen LogP contribution in [0, 0.1) is 0 Å². The Kier molecular flexibility index (Phi) is 4.91. The van der Waals surface area contributed by atoms with Crippen LogP contribution in [0.5, 0.6) is 0 Å². The van der Waals surface area contributed by atoms with Gasteiger partial charge in [0.2, 0.25) is 0 Å². The number of hydrogen-bond donors (Lipinski definition) is 1. The molecule has 2 rings (SSSR count). The minimum atomic E-state index is -0.557. The average molecular weight is 236 g/mol. The molecule has 0 aromatic heterocycles. The fourth-order valence-electron chi connectivity index (χ4n) is 0.899. The van der Waals surface area contributed by atoms with Gasteiger partial charge >= 0.3 is 0 Å². The normalized spacial score (nSPS) is 29.1. The number of aliphatic hydroxyl groups is 1. The van der Waals surface area contributed by atoms with Crippen molar-refractivity contribution >= 4 is 0 Å². The minimum Gasteiger partial charge on any atom is -0.393 e. The van der Waals surface area contributed by atoms with Gasteiger partial charge < -0.3 is 14.6 Å². The maximum Gasteiger partial charge on any atom is 0.142 e. The zero-order chi connectivity index (χ0) is 11.2. The third-order valence-corrected chi connectivity index (χ3v) is 2.06. The van der Waals surface area contributed by atoms with Gasteiger partial charge in [-0.25, -0.2) is 19.6 Å². The van der Waals surface area contributed by atoms with Crippen LogP contribution in [0.3, 0.4) is 0 Å². The first-order valence-electron chi connectivity index (χ1n) is 5.25. The molecule has 3 atom stereocenters. The van der Waals surface area contributed by atoms with Crippen LogP contribution in [0.25, 0.3) is 0 Å². The molecular formula is C9H16O7. The van der Waals surface area contributed by atoms with Crippen molar-refractivity contribution in [1.82, 2.24) is 0 Å². The van der Waals surface area contributed by atoms with Crippen LogP contribution in [0.4, 0.5) is 0 Å². The van der Waals surface area contributed by atoms with Gasteiger partial charge in [0.15, 0.2) is 0 Å². The summed E-state index contributed by atoms with van der Waals surface area (Å²) >= 11 is 0. The second kappa shape index (κ2) is 6.45. The first kappa shape index (κ1) is 12.2. The number of epoxide rings is 2. The van der Waals surface area contributed by atoms with Gasteiger partial charge in [0, 0.05) is 0 Å². The molecule has 0 bridgehead atoms. The van der Waals surface area contributed by atoms with Crippen molar-refractivity contribution in [3.63, 3.8) is 0 Å². The van der Waals surface area contributed by atoms with E-state index in [1.807, 2.05) is 0 Å². The molecule has 2 fully saturated rings. The highest BCUT2D eigenvalue weighted by atomic mass is 17.2. The maximum absolute atomic E-state index is 8.93. The maximum atomic E-state index is 8.93. The highest BCUT2D eigenvalue weighted by molar-refractivity contribution is 4.66. The van der Waals surface area contributed by atoms with Crippen LogP contribution < -0.4 is 0 Å². The van der Waals surface area contributed by atoms with Crippen LogP contribution in [0.15, 0.2) is 0 Å². The Hall–Kier alpha value is -0.280. The standard InChI is InChI=1S/C9H16O7/c10-1-7(16-15-6-9-3-12-9)4-13-14-5-8-2-11-8/h7-10H,1-6H2. The Bertz CT molecular complexity index is 192. The Morgan fingerprint density at radius 1 is 1.06 bits per heavy atom. The van der Waals surface area contributed by atoms with Crippen LogP contribution in [0.2, 0.25) is 0 Å². The van der Waals surface area contributed by atoms with Gasteiger partial charge in [0.1, 0.15) is 38.1 Å². The first-order valence-corrected chi connectivity index (χ1v) is 5.25. The lowest BCUT2D eigenvalue weighted by molar-refractivity contribution is -0.370. The summed E-state index contributed by atoms with van der Waals surface area (Å²) in [5, 5.41) is 8.93. The zero-order valence-corrected chi connectivity index (χ0v) is 8.87. The largest absolute Gasteiger partial charge is 0.393 e. The van der Waals surface area contributed by atoms with Gasteiger partial charge in [-0.05, 0) is 0 Å². The molecule has 1 N–H and O–H groups in total. The molecule has 0 aliphatic carbocycles. The number of aliphatic hydroxyl groups excluding tert-OH is 1. The van der Waals surface area contributed by atoms with Crippen molar-refractivity contribution in [2.24, 2.45) is 0 Å². The summed E-state index contributed by atoms with van der Waals surface area (Å²) in [7, 11) is 0. The smallest absolute Gasteiger partial charge is 0.142 e. The van der Waals surface area contributed by atoms with Gasteiger partial charge in [-0.1, -0.05) is 0 Å². The Morgan fingerprint density at radius 3 is 2.25 bits per heavy atom. The summed E-state index contributed by atoms with van der Waals surface area (Å²) in [5.74, 6) is 0. The lowest BCUT2D eigenvalue weighted by atomic mass is 10.4.